The number of amides is 1. The maximum Gasteiger partial charge on any atom is 0.248 e. The van der Waals surface area contributed by atoms with Crippen LogP contribution in [0.25, 0.3) is 23.0 Å². The Bertz CT molecular complexity index is 1200. The molecule has 0 radical (unpaired) electrons. The number of rotatable bonds is 6. The highest BCUT2D eigenvalue weighted by Crippen LogP contribution is 2.26. The van der Waals surface area contributed by atoms with E-state index in [-0.39, 0.29) is 11.7 Å². The summed E-state index contributed by atoms with van der Waals surface area (Å²) < 4.78 is 20.1. The molecule has 4 aromatic rings. The normalized spacial score (nSPS) is 10.9. The van der Waals surface area contributed by atoms with Gasteiger partial charge in [-0.2, -0.15) is 5.10 Å². The molecule has 1 aromatic heterocycles. The molecule has 0 spiro atoms. The molecule has 1 N–H and O–H groups in total. The van der Waals surface area contributed by atoms with E-state index >= 15 is 0 Å². The minimum absolute atomic E-state index is 0.320. The molecule has 5 nitrogen and oxygen atoms in total. The van der Waals surface area contributed by atoms with Crippen LogP contribution in [-0.2, 0) is 4.79 Å². The molecule has 0 saturated heterocycles. The zero-order valence-corrected chi connectivity index (χ0v) is 16.8. The zero-order chi connectivity index (χ0) is 21.6. The topological polar surface area (TPSA) is 56.2 Å². The van der Waals surface area contributed by atoms with Gasteiger partial charge in [0.15, 0.2) is 0 Å². The van der Waals surface area contributed by atoms with E-state index in [0.717, 1.165) is 28.3 Å². The summed E-state index contributed by atoms with van der Waals surface area (Å²) in [4.78, 5) is 12.3. The third kappa shape index (κ3) is 4.87. The molecule has 0 aliphatic carbocycles. The summed E-state index contributed by atoms with van der Waals surface area (Å²) >= 11 is 0. The lowest BCUT2D eigenvalue weighted by Gasteiger charge is -2.03. The van der Waals surface area contributed by atoms with Crippen molar-refractivity contribution in [3.05, 3.63) is 103 Å². The quantitative estimate of drug-likeness (QED) is 0.434. The molecule has 1 heterocycles. The van der Waals surface area contributed by atoms with Crippen LogP contribution < -0.4 is 10.1 Å². The van der Waals surface area contributed by atoms with E-state index in [2.05, 4.69) is 5.32 Å². The minimum atomic E-state index is -0.356. The molecule has 6 heteroatoms. The summed E-state index contributed by atoms with van der Waals surface area (Å²) in [7, 11) is 1.62. The first kappa shape index (κ1) is 20.1. The average molecular weight is 413 g/mol. The number of benzene rings is 3. The largest absolute Gasteiger partial charge is 0.497 e. The molecule has 0 aliphatic rings. The van der Waals surface area contributed by atoms with Crippen molar-refractivity contribution in [2.24, 2.45) is 0 Å². The van der Waals surface area contributed by atoms with E-state index in [0.29, 0.717) is 5.69 Å². The first-order chi connectivity index (χ1) is 15.1. The number of hydrogen-bond acceptors (Lipinski definition) is 3. The predicted molar refractivity (Wildman–Crippen MR) is 120 cm³/mol. The van der Waals surface area contributed by atoms with Crippen molar-refractivity contribution in [3.8, 4) is 22.7 Å². The Balaban J connectivity index is 1.64. The summed E-state index contributed by atoms with van der Waals surface area (Å²) in [5, 5.41) is 7.45. The highest BCUT2D eigenvalue weighted by Gasteiger charge is 2.11. The van der Waals surface area contributed by atoms with Gasteiger partial charge in [0.2, 0.25) is 5.91 Å². The van der Waals surface area contributed by atoms with Crippen molar-refractivity contribution >= 4 is 17.7 Å². The van der Waals surface area contributed by atoms with Crippen molar-refractivity contribution in [3.63, 3.8) is 0 Å². The lowest BCUT2D eigenvalue weighted by molar-refractivity contribution is -0.111. The van der Waals surface area contributed by atoms with Gasteiger partial charge in [-0.05, 0) is 66.7 Å². The Kier molecular flexibility index (Phi) is 5.89. The fourth-order valence-electron chi connectivity index (χ4n) is 3.08. The molecule has 0 saturated carbocycles. The first-order valence-corrected chi connectivity index (χ1v) is 9.66. The van der Waals surface area contributed by atoms with Gasteiger partial charge in [0.1, 0.15) is 11.6 Å². The summed E-state index contributed by atoms with van der Waals surface area (Å²) in [6.07, 6.45) is 5.02. The van der Waals surface area contributed by atoms with E-state index in [1.807, 2.05) is 60.8 Å². The molecule has 31 heavy (non-hydrogen) atoms. The second-order valence-corrected chi connectivity index (χ2v) is 6.77. The number of carbonyl (C=O) groups is 1. The molecule has 0 fully saturated rings. The number of nitrogens with one attached hydrogen (secondary N) is 1. The Morgan fingerprint density at radius 2 is 1.71 bits per heavy atom. The van der Waals surface area contributed by atoms with E-state index in [9.17, 15) is 9.18 Å². The van der Waals surface area contributed by atoms with Crippen LogP contribution in [0.1, 0.15) is 5.56 Å². The van der Waals surface area contributed by atoms with Gasteiger partial charge in [-0.15, -0.1) is 0 Å². The van der Waals surface area contributed by atoms with Gasteiger partial charge in [0, 0.05) is 29.1 Å². The fourth-order valence-corrected chi connectivity index (χ4v) is 3.08. The number of ether oxygens (including phenoxy) is 1. The van der Waals surface area contributed by atoms with Gasteiger partial charge in [-0.25, -0.2) is 9.07 Å². The van der Waals surface area contributed by atoms with E-state index in [4.69, 9.17) is 9.84 Å². The SMILES string of the molecule is COc1ccc(-c2nn(-c3ccccc3)cc2C=CC(=O)Nc2ccc(F)cc2)cc1. The lowest BCUT2D eigenvalue weighted by atomic mass is 10.1. The molecular formula is C25H20FN3O2. The number of carbonyl (C=O) groups excluding carboxylic acids is 1. The Hall–Kier alpha value is -4.19. The van der Waals surface area contributed by atoms with Crippen molar-refractivity contribution in [2.45, 2.75) is 0 Å². The smallest absolute Gasteiger partial charge is 0.248 e. The van der Waals surface area contributed by atoms with Gasteiger partial charge in [-0.1, -0.05) is 18.2 Å². The van der Waals surface area contributed by atoms with Crippen molar-refractivity contribution < 1.29 is 13.9 Å². The number of para-hydroxylation sites is 1. The van der Waals surface area contributed by atoms with Crippen molar-refractivity contribution in [1.29, 1.82) is 0 Å². The third-order valence-corrected chi connectivity index (χ3v) is 4.65. The second kappa shape index (κ2) is 9.09. The van der Waals surface area contributed by atoms with Crippen LogP contribution in [-0.4, -0.2) is 22.8 Å². The number of hydrogen-bond donors (Lipinski definition) is 1. The number of methoxy groups -OCH3 is 1. The molecule has 154 valence electrons. The van der Waals surface area contributed by atoms with Crippen molar-refractivity contribution in [2.75, 3.05) is 12.4 Å². The molecule has 3 aromatic carbocycles. The van der Waals surface area contributed by atoms with Gasteiger partial charge in [0.25, 0.3) is 0 Å². The first-order valence-electron chi connectivity index (χ1n) is 9.66. The van der Waals surface area contributed by atoms with Crippen LogP contribution >= 0.6 is 0 Å². The monoisotopic (exact) mass is 413 g/mol. The molecule has 1 amide bonds. The van der Waals surface area contributed by atoms with Crippen LogP contribution in [0.15, 0.2) is 91.1 Å². The number of anilines is 1. The van der Waals surface area contributed by atoms with Crippen LogP contribution in [0.2, 0.25) is 0 Å². The van der Waals surface area contributed by atoms with E-state index in [1.54, 1.807) is 17.9 Å². The molecule has 0 aliphatic heterocycles. The maximum atomic E-state index is 13.0. The second-order valence-electron chi connectivity index (χ2n) is 6.77. The maximum absolute atomic E-state index is 13.0. The summed E-state index contributed by atoms with van der Waals surface area (Å²) in [5.41, 5.74) is 3.84. The highest BCUT2D eigenvalue weighted by atomic mass is 19.1. The van der Waals surface area contributed by atoms with Gasteiger partial charge in [0.05, 0.1) is 18.5 Å². The van der Waals surface area contributed by atoms with Crippen LogP contribution in [0.4, 0.5) is 10.1 Å². The molecule has 0 unspecified atom stereocenters. The summed E-state index contributed by atoms with van der Waals surface area (Å²) in [6.45, 7) is 0. The van der Waals surface area contributed by atoms with Crippen LogP contribution in [0.3, 0.4) is 0 Å². The third-order valence-electron chi connectivity index (χ3n) is 4.65. The Morgan fingerprint density at radius 3 is 2.39 bits per heavy atom. The van der Waals surface area contributed by atoms with Crippen molar-refractivity contribution in [1.82, 2.24) is 9.78 Å². The Labute approximate surface area is 179 Å². The summed E-state index contributed by atoms with van der Waals surface area (Å²) in [6, 6.07) is 22.9. The van der Waals surface area contributed by atoms with Gasteiger partial charge < -0.3 is 10.1 Å². The highest BCUT2D eigenvalue weighted by molar-refractivity contribution is 6.02. The Morgan fingerprint density at radius 1 is 1.00 bits per heavy atom. The summed E-state index contributed by atoms with van der Waals surface area (Å²) in [5.74, 6) is 0.0766. The predicted octanol–water partition coefficient (Wildman–Crippen LogP) is 5.34. The number of nitrogens with zero attached hydrogens (tertiary/aromatic N) is 2. The zero-order valence-electron chi connectivity index (χ0n) is 16.8. The minimum Gasteiger partial charge on any atom is -0.497 e. The standard InChI is InChI=1S/C25H20FN3O2/c1-31-23-14-7-18(8-15-23)25-19(17-29(28-25)22-5-3-2-4-6-22)9-16-24(30)27-21-12-10-20(26)11-13-21/h2-17H,1H3,(H,27,30). The lowest BCUT2D eigenvalue weighted by Crippen LogP contribution is -2.07. The number of aromatic nitrogens is 2. The van der Waals surface area contributed by atoms with Gasteiger partial charge >= 0.3 is 0 Å². The number of halogens is 1. The van der Waals surface area contributed by atoms with Gasteiger partial charge in [-0.3, -0.25) is 4.79 Å². The van der Waals surface area contributed by atoms with Crippen LogP contribution in [0.5, 0.6) is 5.75 Å². The van der Waals surface area contributed by atoms with E-state index in [1.165, 1.54) is 30.3 Å². The van der Waals surface area contributed by atoms with Crippen LogP contribution in [0, 0.1) is 5.82 Å². The molecular weight excluding hydrogens is 393 g/mol. The fraction of sp³-hybridized carbons (Fsp3) is 0.0400. The molecule has 0 atom stereocenters. The average Bonchev–Trinajstić information content (AvgIpc) is 3.24. The molecule has 0 bridgehead atoms. The molecule has 4 rings (SSSR count). The van der Waals surface area contributed by atoms with E-state index < -0.39 is 0 Å².